The average molecular weight is 327 g/mol. The number of carbonyl (C=O) groups is 1. The Balaban J connectivity index is 0.00000242. The molecular formula is C17H27ClN2O2. The normalized spacial score (nSPS) is 13.5. The van der Waals surface area contributed by atoms with E-state index in [2.05, 4.69) is 12.1 Å². The second-order valence-electron chi connectivity index (χ2n) is 5.67. The summed E-state index contributed by atoms with van der Waals surface area (Å²) in [7, 11) is 0. The van der Waals surface area contributed by atoms with Gasteiger partial charge >= 0.3 is 0 Å². The van der Waals surface area contributed by atoms with Gasteiger partial charge in [-0.05, 0) is 30.7 Å². The molecule has 1 aromatic rings. The molecule has 124 valence electrons. The summed E-state index contributed by atoms with van der Waals surface area (Å²) in [5, 5.41) is 0. The molecule has 2 N–H and O–H groups in total. The molecule has 2 rings (SSSR count). The molecule has 0 bridgehead atoms. The highest BCUT2D eigenvalue weighted by Gasteiger charge is 2.21. The van der Waals surface area contributed by atoms with Gasteiger partial charge < -0.3 is 15.4 Å². The summed E-state index contributed by atoms with van der Waals surface area (Å²) in [6.07, 6.45) is 3.89. The summed E-state index contributed by atoms with van der Waals surface area (Å²) in [6.45, 7) is 3.19. The maximum atomic E-state index is 12.2. The first-order valence-electron chi connectivity index (χ1n) is 7.89. The zero-order chi connectivity index (χ0) is 14.9. The van der Waals surface area contributed by atoms with Gasteiger partial charge in [-0.3, -0.25) is 4.79 Å². The van der Waals surface area contributed by atoms with E-state index in [-0.39, 0.29) is 18.3 Å². The van der Waals surface area contributed by atoms with Crippen molar-refractivity contribution in [3.05, 3.63) is 35.9 Å². The van der Waals surface area contributed by atoms with E-state index in [0.717, 1.165) is 25.5 Å². The molecule has 1 fully saturated rings. The zero-order valence-electron chi connectivity index (χ0n) is 13.1. The molecule has 0 heterocycles. The first kappa shape index (κ1) is 18.9. The van der Waals surface area contributed by atoms with Crippen LogP contribution in [0.1, 0.15) is 24.8 Å². The molecule has 0 aliphatic heterocycles. The first-order chi connectivity index (χ1) is 10.3. The van der Waals surface area contributed by atoms with Crippen LogP contribution in [0.5, 0.6) is 0 Å². The summed E-state index contributed by atoms with van der Waals surface area (Å²) < 4.78 is 5.54. The van der Waals surface area contributed by atoms with Gasteiger partial charge in [-0.2, -0.15) is 0 Å². The average Bonchev–Trinajstić information content (AvgIpc) is 3.33. The van der Waals surface area contributed by atoms with Crippen LogP contribution in [0, 0.1) is 5.92 Å². The van der Waals surface area contributed by atoms with Crippen LogP contribution >= 0.6 is 12.4 Å². The van der Waals surface area contributed by atoms with Crippen molar-refractivity contribution in [1.29, 1.82) is 0 Å². The number of nitrogens with zero attached hydrogens (tertiary/aromatic N) is 1. The smallest absolute Gasteiger partial charge is 0.224 e. The molecule has 1 aliphatic rings. The lowest BCUT2D eigenvalue weighted by Gasteiger charge is -2.22. The van der Waals surface area contributed by atoms with Gasteiger partial charge in [0, 0.05) is 26.2 Å². The summed E-state index contributed by atoms with van der Waals surface area (Å²) in [6, 6.07) is 10.2. The van der Waals surface area contributed by atoms with Gasteiger partial charge in [-0.1, -0.05) is 30.3 Å². The van der Waals surface area contributed by atoms with Gasteiger partial charge in [0.1, 0.15) is 0 Å². The van der Waals surface area contributed by atoms with Crippen molar-refractivity contribution < 1.29 is 9.53 Å². The lowest BCUT2D eigenvalue weighted by molar-refractivity contribution is -0.132. The Bertz CT molecular complexity index is 424. The number of hydrogen-bond donors (Lipinski definition) is 1. The van der Waals surface area contributed by atoms with Crippen molar-refractivity contribution in [3.63, 3.8) is 0 Å². The van der Waals surface area contributed by atoms with E-state index in [1.807, 2.05) is 23.1 Å². The minimum absolute atomic E-state index is 0. The highest BCUT2D eigenvalue weighted by atomic mass is 35.5. The lowest BCUT2D eigenvalue weighted by atomic mass is 10.1. The molecule has 5 heteroatoms. The molecule has 4 nitrogen and oxygen atoms in total. The predicted octanol–water partition coefficient (Wildman–Crippen LogP) is 2.25. The summed E-state index contributed by atoms with van der Waals surface area (Å²) in [5.41, 5.74) is 6.86. The van der Waals surface area contributed by atoms with Crippen molar-refractivity contribution in [2.24, 2.45) is 11.7 Å². The van der Waals surface area contributed by atoms with Gasteiger partial charge in [0.25, 0.3) is 0 Å². The van der Waals surface area contributed by atoms with Crippen LogP contribution in [0.2, 0.25) is 0 Å². The number of benzene rings is 1. The number of carbonyl (C=O) groups excluding carboxylic acids is 1. The van der Waals surface area contributed by atoms with Crippen molar-refractivity contribution in [2.75, 3.05) is 32.8 Å². The number of rotatable bonds is 10. The summed E-state index contributed by atoms with van der Waals surface area (Å²) in [5.74, 6) is 0.894. The number of hydrogen-bond acceptors (Lipinski definition) is 3. The second kappa shape index (κ2) is 10.6. The van der Waals surface area contributed by atoms with Gasteiger partial charge in [0.15, 0.2) is 0 Å². The molecule has 22 heavy (non-hydrogen) atoms. The van der Waals surface area contributed by atoms with Crippen LogP contribution in [0.4, 0.5) is 0 Å². The van der Waals surface area contributed by atoms with Crippen molar-refractivity contribution in [1.82, 2.24) is 4.90 Å². The van der Waals surface area contributed by atoms with Crippen LogP contribution in [0.3, 0.4) is 0 Å². The van der Waals surface area contributed by atoms with Crippen LogP contribution in [-0.2, 0) is 16.0 Å². The number of nitrogens with two attached hydrogens (primary N) is 1. The molecule has 1 saturated carbocycles. The minimum atomic E-state index is 0. The third-order valence-electron chi connectivity index (χ3n) is 3.78. The van der Waals surface area contributed by atoms with E-state index in [9.17, 15) is 4.79 Å². The SMILES string of the molecule is Cl.NCCN(CCc1ccccc1)C(=O)CCOCC1CC1. The Kier molecular flexibility index (Phi) is 9.13. The molecule has 0 aromatic heterocycles. The van der Waals surface area contributed by atoms with E-state index in [1.165, 1.54) is 18.4 Å². The Hall–Kier alpha value is -1.10. The third-order valence-corrected chi connectivity index (χ3v) is 3.78. The Morgan fingerprint density at radius 2 is 1.95 bits per heavy atom. The fraction of sp³-hybridized carbons (Fsp3) is 0.588. The highest BCUT2D eigenvalue weighted by molar-refractivity contribution is 5.85. The largest absolute Gasteiger partial charge is 0.381 e. The summed E-state index contributed by atoms with van der Waals surface area (Å²) >= 11 is 0. The van der Waals surface area contributed by atoms with Gasteiger partial charge in [-0.15, -0.1) is 12.4 Å². The molecular weight excluding hydrogens is 300 g/mol. The monoisotopic (exact) mass is 326 g/mol. The third kappa shape index (κ3) is 7.25. The molecule has 1 amide bonds. The van der Waals surface area contributed by atoms with E-state index >= 15 is 0 Å². The lowest BCUT2D eigenvalue weighted by Crippen LogP contribution is -2.37. The Labute approximate surface area is 139 Å². The topological polar surface area (TPSA) is 55.6 Å². The predicted molar refractivity (Wildman–Crippen MR) is 91.2 cm³/mol. The second-order valence-corrected chi connectivity index (χ2v) is 5.67. The van der Waals surface area contributed by atoms with E-state index in [4.69, 9.17) is 10.5 Å². The number of ether oxygens (including phenoxy) is 1. The van der Waals surface area contributed by atoms with Gasteiger partial charge in [0.05, 0.1) is 13.0 Å². The van der Waals surface area contributed by atoms with Crippen molar-refractivity contribution in [3.8, 4) is 0 Å². The fourth-order valence-electron chi connectivity index (χ4n) is 2.28. The van der Waals surface area contributed by atoms with Crippen molar-refractivity contribution in [2.45, 2.75) is 25.7 Å². The molecule has 0 saturated heterocycles. The van der Waals surface area contributed by atoms with Gasteiger partial charge in [0.2, 0.25) is 5.91 Å². The van der Waals surface area contributed by atoms with Crippen LogP contribution < -0.4 is 5.73 Å². The van der Waals surface area contributed by atoms with Crippen molar-refractivity contribution >= 4 is 18.3 Å². The molecule has 0 radical (unpaired) electrons. The maximum absolute atomic E-state index is 12.2. The van der Waals surface area contributed by atoms with Crippen LogP contribution in [-0.4, -0.2) is 43.7 Å². The standard InChI is InChI=1S/C17H26N2O2.ClH/c18-10-12-19(11-8-15-4-2-1-3-5-15)17(20)9-13-21-14-16-6-7-16;/h1-5,16H,6-14,18H2;1H. The maximum Gasteiger partial charge on any atom is 0.224 e. The van der Waals surface area contributed by atoms with E-state index < -0.39 is 0 Å². The highest BCUT2D eigenvalue weighted by Crippen LogP contribution is 2.28. The Morgan fingerprint density at radius 3 is 2.59 bits per heavy atom. The van der Waals surface area contributed by atoms with E-state index in [1.54, 1.807) is 0 Å². The molecule has 1 aromatic carbocycles. The number of amides is 1. The molecule has 0 unspecified atom stereocenters. The zero-order valence-corrected chi connectivity index (χ0v) is 13.9. The van der Waals surface area contributed by atoms with E-state index in [0.29, 0.717) is 26.1 Å². The van der Waals surface area contributed by atoms with Gasteiger partial charge in [-0.25, -0.2) is 0 Å². The summed E-state index contributed by atoms with van der Waals surface area (Å²) in [4.78, 5) is 14.1. The quantitative estimate of drug-likeness (QED) is 0.671. The molecule has 1 aliphatic carbocycles. The molecule has 0 spiro atoms. The number of halogens is 1. The Morgan fingerprint density at radius 1 is 1.23 bits per heavy atom. The van der Waals surface area contributed by atoms with Crippen LogP contribution in [0.15, 0.2) is 30.3 Å². The molecule has 0 atom stereocenters. The minimum Gasteiger partial charge on any atom is -0.381 e. The fourth-order valence-corrected chi connectivity index (χ4v) is 2.28. The van der Waals surface area contributed by atoms with Crippen LogP contribution in [0.25, 0.3) is 0 Å². The first-order valence-corrected chi connectivity index (χ1v) is 7.89.